The highest BCUT2D eigenvalue weighted by atomic mass is 32.1. The van der Waals surface area contributed by atoms with Crippen LogP contribution in [0.2, 0.25) is 0 Å². The fraction of sp³-hybridized carbons (Fsp3) is 0.333. The number of thiazole rings is 1. The van der Waals surface area contributed by atoms with Gasteiger partial charge in [0.1, 0.15) is 10.8 Å². The molecule has 2 aromatic rings. The fourth-order valence-corrected chi connectivity index (χ4v) is 2.51. The van der Waals surface area contributed by atoms with Crippen LogP contribution < -0.4 is 10.1 Å². The van der Waals surface area contributed by atoms with Crippen LogP contribution >= 0.6 is 11.3 Å². The molecule has 0 unspecified atom stereocenters. The fourth-order valence-electron chi connectivity index (χ4n) is 1.80. The van der Waals surface area contributed by atoms with Crippen molar-refractivity contribution in [3.8, 4) is 5.75 Å². The Hall–Kier alpha value is -1.88. The maximum Gasteiger partial charge on any atom is 0.220 e. The van der Waals surface area contributed by atoms with Gasteiger partial charge in [-0.2, -0.15) is 0 Å². The molecule has 1 heterocycles. The SMILES string of the molecule is COc1ccc(CCC(=O)NCc2nc(C)cs2)cc1. The number of hydrogen-bond donors (Lipinski definition) is 1. The average Bonchev–Trinajstić information content (AvgIpc) is 2.89. The first-order chi connectivity index (χ1) is 9.67. The summed E-state index contributed by atoms with van der Waals surface area (Å²) in [6.07, 6.45) is 1.21. The van der Waals surface area contributed by atoms with Crippen LogP contribution in [0.1, 0.15) is 22.7 Å². The van der Waals surface area contributed by atoms with Gasteiger partial charge in [0.2, 0.25) is 5.91 Å². The predicted molar refractivity (Wildman–Crippen MR) is 80.0 cm³/mol. The van der Waals surface area contributed by atoms with E-state index in [1.165, 1.54) is 0 Å². The Morgan fingerprint density at radius 1 is 1.35 bits per heavy atom. The topological polar surface area (TPSA) is 51.2 Å². The van der Waals surface area contributed by atoms with Gasteiger partial charge in [-0.25, -0.2) is 4.98 Å². The van der Waals surface area contributed by atoms with Gasteiger partial charge in [-0.1, -0.05) is 12.1 Å². The van der Waals surface area contributed by atoms with Crippen molar-refractivity contribution in [2.24, 2.45) is 0 Å². The van der Waals surface area contributed by atoms with Crippen LogP contribution in [0.5, 0.6) is 5.75 Å². The van der Waals surface area contributed by atoms with E-state index in [4.69, 9.17) is 4.74 Å². The van der Waals surface area contributed by atoms with E-state index in [1.54, 1.807) is 18.4 Å². The largest absolute Gasteiger partial charge is 0.497 e. The highest BCUT2D eigenvalue weighted by molar-refractivity contribution is 7.09. The lowest BCUT2D eigenvalue weighted by molar-refractivity contribution is -0.121. The zero-order valence-electron chi connectivity index (χ0n) is 11.7. The van der Waals surface area contributed by atoms with Gasteiger partial charge in [-0.15, -0.1) is 11.3 Å². The van der Waals surface area contributed by atoms with E-state index in [0.29, 0.717) is 13.0 Å². The monoisotopic (exact) mass is 290 g/mol. The first-order valence-electron chi connectivity index (χ1n) is 6.48. The molecule has 0 aliphatic carbocycles. The number of nitrogens with zero attached hydrogens (tertiary/aromatic N) is 1. The van der Waals surface area contributed by atoms with E-state index in [1.807, 2.05) is 36.6 Å². The second-order valence-corrected chi connectivity index (χ2v) is 5.45. The second kappa shape index (κ2) is 7.05. The van der Waals surface area contributed by atoms with Gasteiger partial charge in [0.25, 0.3) is 0 Å². The molecule has 1 amide bonds. The summed E-state index contributed by atoms with van der Waals surface area (Å²) >= 11 is 1.57. The lowest BCUT2D eigenvalue weighted by atomic mass is 10.1. The van der Waals surface area contributed by atoms with E-state index >= 15 is 0 Å². The summed E-state index contributed by atoms with van der Waals surface area (Å²) in [5.74, 6) is 0.881. The number of carbonyl (C=O) groups is 1. The molecule has 0 spiro atoms. The first kappa shape index (κ1) is 14.5. The van der Waals surface area contributed by atoms with Gasteiger partial charge in [0.15, 0.2) is 0 Å². The number of aryl methyl sites for hydroxylation is 2. The molecular weight excluding hydrogens is 272 g/mol. The van der Waals surface area contributed by atoms with E-state index in [0.717, 1.165) is 28.4 Å². The Balaban J connectivity index is 1.74. The molecule has 4 nitrogen and oxygen atoms in total. The van der Waals surface area contributed by atoms with Gasteiger partial charge in [-0.05, 0) is 31.0 Å². The van der Waals surface area contributed by atoms with Gasteiger partial charge in [0, 0.05) is 17.5 Å². The second-order valence-electron chi connectivity index (χ2n) is 4.51. The number of aromatic nitrogens is 1. The Morgan fingerprint density at radius 2 is 2.10 bits per heavy atom. The predicted octanol–water partition coefficient (Wildman–Crippen LogP) is 2.71. The summed E-state index contributed by atoms with van der Waals surface area (Å²) in [5.41, 5.74) is 2.13. The Labute approximate surface area is 122 Å². The average molecular weight is 290 g/mol. The summed E-state index contributed by atoms with van der Waals surface area (Å²) in [6.45, 7) is 2.46. The molecule has 2 rings (SSSR count). The number of amides is 1. The molecule has 1 aromatic carbocycles. The molecule has 106 valence electrons. The zero-order chi connectivity index (χ0) is 14.4. The number of ether oxygens (including phenoxy) is 1. The number of nitrogens with one attached hydrogen (secondary N) is 1. The van der Waals surface area contributed by atoms with Crippen LogP contribution in [0, 0.1) is 6.92 Å². The molecule has 0 aliphatic rings. The van der Waals surface area contributed by atoms with Crippen molar-refractivity contribution in [3.63, 3.8) is 0 Å². The Morgan fingerprint density at radius 3 is 2.70 bits per heavy atom. The van der Waals surface area contributed by atoms with E-state index in [2.05, 4.69) is 10.3 Å². The number of hydrogen-bond acceptors (Lipinski definition) is 4. The smallest absolute Gasteiger partial charge is 0.220 e. The lowest BCUT2D eigenvalue weighted by Gasteiger charge is -2.04. The summed E-state index contributed by atoms with van der Waals surface area (Å²) in [4.78, 5) is 16.1. The molecule has 1 N–H and O–H groups in total. The molecule has 0 saturated heterocycles. The number of benzene rings is 1. The molecule has 20 heavy (non-hydrogen) atoms. The van der Waals surface area contributed by atoms with Crippen LogP contribution in [-0.4, -0.2) is 18.0 Å². The van der Waals surface area contributed by atoms with Crippen LogP contribution in [-0.2, 0) is 17.8 Å². The molecule has 5 heteroatoms. The van der Waals surface area contributed by atoms with Gasteiger partial charge in [0.05, 0.1) is 13.7 Å². The van der Waals surface area contributed by atoms with Gasteiger partial charge >= 0.3 is 0 Å². The summed E-state index contributed by atoms with van der Waals surface area (Å²) in [5, 5.41) is 5.82. The van der Waals surface area contributed by atoms with Gasteiger partial charge in [-0.3, -0.25) is 4.79 Å². The minimum atomic E-state index is 0.0497. The number of carbonyl (C=O) groups excluding carboxylic acids is 1. The lowest BCUT2D eigenvalue weighted by Crippen LogP contribution is -2.22. The summed E-state index contributed by atoms with van der Waals surface area (Å²) in [7, 11) is 1.64. The third-order valence-electron chi connectivity index (χ3n) is 2.90. The normalized spacial score (nSPS) is 10.3. The molecule has 0 aliphatic heterocycles. The minimum Gasteiger partial charge on any atom is -0.497 e. The van der Waals surface area contributed by atoms with Gasteiger partial charge < -0.3 is 10.1 Å². The van der Waals surface area contributed by atoms with Crippen molar-refractivity contribution in [2.75, 3.05) is 7.11 Å². The highest BCUT2D eigenvalue weighted by Crippen LogP contribution is 2.12. The van der Waals surface area contributed by atoms with Crippen LogP contribution in [0.15, 0.2) is 29.6 Å². The van der Waals surface area contributed by atoms with Crippen molar-refractivity contribution >= 4 is 17.2 Å². The quantitative estimate of drug-likeness (QED) is 0.890. The third kappa shape index (κ3) is 4.35. The van der Waals surface area contributed by atoms with Crippen LogP contribution in [0.4, 0.5) is 0 Å². The molecule has 0 radical (unpaired) electrons. The van der Waals surface area contributed by atoms with Crippen molar-refractivity contribution in [2.45, 2.75) is 26.3 Å². The van der Waals surface area contributed by atoms with Crippen molar-refractivity contribution in [1.29, 1.82) is 0 Å². The zero-order valence-corrected chi connectivity index (χ0v) is 12.5. The molecular formula is C15H18N2O2S. The first-order valence-corrected chi connectivity index (χ1v) is 7.36. The number of rotatable bonds is 6. The molecule has 0 saturated carbocycles. The van der Waals surface area contributed by atoms with Crippen molar-refractivity contribution in [1.82, 2.24) is 10.3 Å². The van der Waals surface area contributed by atoms with E-state index in [9.17, 15) is 4.79 Å². The van der Waals surface area contributed by atoms with Crippen molar-refractivity contribution < 1.29 is 9.53 Å². The Bertz CT molecular complexity index is 564. The summed E-state index contributed by atoms with van der Waals surface area (Å²) < 4.78 is 5.10. The molecule has 0 bridgehead atoms. The molecule has 0 fully saturated rings. The van der Waals surface area contributed by atoms with E-state index in [-0.39, 0.29) is 5.91 Å². The molecule has 0 atom stereocenters. The third-order valence-corrected chi connectivity index (χ3v) is 3.87. The van der Waals surface area contributed by atoms with E-state index < -0.39 is 0 Å². The Kier molecular flexibility index (Phi) is 5.12. The van der Waals surface area contributed by atoms with Crippen LogP contribution in [0.25, 0.3) is 0 Å². The maximum absolute atomic E-state index is 11.8. The maximum atomic E-state index is 11.8. The van der Waals surface area contributed by atoms with Crippen molar-refractivity contribution in [3.05, 3.63) is 45.9 Å². The molecule has 1 aromatic heterocycles. The van der Waals surface area contributed by atoms with Crippen LogP contribution in [0.3, 0.4) is 0 Å². The standard InChI is InChI=1S/C15H18N2O2S/c1-11-10-20-15(17-11)9-16-14(18)8-5-12-3-6-13(19-2)7-4-12/h3-4,6-7,10H,5,8-9H2,1-2H3,(H,16,18). The summed E-state index contributed by atoms with van der Waals surface area (Å²) in [6, 6.07) is 7.78. The minimum absolute atomic E-state index is 0.0497. The highest BCUT2D eigenvalue weighted by Gasteiger charge is 2.04. The number of methoxy groups -OCH3 is 1.